The van der Waals surface area contributed by atoms with Crippen molar-refractivity contribution in [3.63, 3.8) is 0 Å². The molecule has 4 unspecified atom stereocenters. The first-order chi connectivity index (χ1) is 31.4. The molecule has 7 heterocycles. The summed E-state index contributed by atoms with van der Waals surface area (Å²) >= 11 is 0. The van der Waals surface area contributed by atoms with Crippen molar-refractivity contribution in [2.45, 2.75) is 146 Å². The molecule has 0 spiro atoms. The van der Waals surface area contributed by atoms with Crippen LogP contribution in [0.15, 0.2) is 24.3 Å². The molecule has 0 aromatic heterocycles. The molecule has 7 aliphatic heterocycles. The van der Waals surface area contributed by atoms with Crippen LogP contribution in [0.4, 0.5) is 0 Å². The van der Waals surface area contributed by atoms with E-state index < -0.39 is 19.1 Å². The molecule has 66 heavy (non-hydrogen) atoms. The molecule has 3 aliphatic carbocycles. The van der Waals surface area contributed by atoms with E-state index in [1.807, 2.05) is 4.90 Å². The van der Waals surface area contributed by atoms with E-state index in [1.165, 1.54) is 35.6 Å². The Balaban J connectivity index is 0.000000189. The van der Waals surface area contributed by atoms with Gasteiger partial charge in [-0.15, -0.1) is 0 Å². The third-order valence-electron chi connectivity index (χ3n) is 15.6. The van der Waals surface area contributed by atoms with Crippen LogP contribution in [-0.2, 0) is 47.7 Å². The van der Waals surface area contributed by atoms with Crippen LogP contribution in [0.25, 0.3) is 0 Å². The highest BCUT2D eigenvalue weighted by Gasteiger charge is 2.68. The van der Waals surface area contributed by atoms with E-state index in [1.54, 1.807) is 0 Å². The van der Waals surface area contributed by atoms with E-state index in [-0.39, 0.29) is 116 Å². The van der Waals surface area contributed by atoms with Crippen LogP contribution in [0.5, 0.6) is 0 Å². The Morgan fingerprint density at radius 3 is 1.77 bits per heavy atom. The molecule has 2 bridgehead atoms. The van der Waals surface area contributed by atoms with Gasteiger partial charge >= 0.3 is 14.2 Å². The van der Waals surface area contributed by atoms with E-state index in [9.17, 15) is 48.4 Å². The number of amides is 8. The molecule has 22 heteroatoms. The van der Waals surface area contributed by atoms with Crippen molar-refractivity contribution in [1.82, 2.24) is 40.9 Å². The minimum atomic E-state index is -1.55. The van der Waals surface area contributed by atoms with Gasteiger partial charge in [0.15, 0.2) is 0 Å². The summed E-state index contributed by atoms with van der Waals surface area (Å²) in [5.74, 6) is -1.31. The molecular weight excluding hydrogens is 854 g/mol. The average Bonchev–Trinajstić information content (AvgIpc) is 4.15. The summed E-state index contributed by atoms with van der Waals surface area (Å²) in [7, 11) is -1.93. The molecule has 8 amide bonds. The largest absolute Gasteiger partial charge is 0.481 e. The maximum atomic E-state index is 13.6. The highest BCUT2D eigenvalue weighted by molar-refractivity contribution is 6.48. The number of hydrogen-bond acceptors (Lipinski definition) is 14. The quantitative estimate of drug-likeness (QED) is 0.0843. The van der Waals surface area contributed by atoms with Gasteiger partial charge in [-0.3, -0.25) is 48.2 Å². The van der Waals surface area contributed by atoms with Gasteiger partial charge in [-0.2, -0.15) is 0 Å². The molecule has 0 aromatic carbocycles. The van der Waals surface area contributed by atoms with Gasteiger partial charge in [-0.25, -0.2) is 0 Å². The Morgan fingerprint density at radius 2 is 1.26 bits per heavy atom. The fourth-order valence-corrected chi connectivity index (χ4v) is 11.8. The summed E-state index contributed by atoms with van der Waals surface area (Å²) < 4.78 is 13.2. The van der Waals surface area contributed by atoms with Crippen LogP contribution in [0.2, 0.25) is 0 Å². The maximum Gasteiger partial charge on any atom is 0.481 e. The summed E-state index contributed by atoms with van der Waals surface area (Å²) in [6.45, 7) is 9.49. The van der Waals surface area contributed by atoms with Gasteiger partial charge in [-0.05, 0) is 88.4 Å². The van der Waals surface area contributed by atoms with E-state index in [0.29, 0.717) is 75.5 Å². The van der Waals surface area contributed by atoms with Crippen LogP contribution in [-0.4, -0.2) is 178 Å². The minimum Gasteiger partial charge on any atom is -0.426 e. The average molecular weight is 919 g/mol. The number of nitrogens with one attached hydrogen (secondary N) is 4. The Labute approximate surface area is 385 Å². The SMILES string of the molecule is CC12CC3CC(C1OB([C@@H]1CCCN1C(=O)[C@@H]1C[C@@H](NC(=O)CCCN4C(=O)C=CC4=O)CN1)O2)C3(C)C.O=C(CCCN1C(=O)C=CC1=O)N[C@H]1CN[C@H](C(=O)N2CCC[C@H]2B(O)O)C1. The van der Waals surface area contributed by atoms with Gasteiger partial charge in [0.25, 0.3) is 23.6 Å². The van der Waals surface area contributed by atoms with Crippen molar-refractivity contribution in [2.24, 2.45) is 17.3 Å². The summed E-state index contributed by atoms with van der Waals surface area (Å²) in [5, 5.41) is 31.1. The standard InChI is InChI=1S/C27H39BN4O6.C17H25BN4O6/c1-26(2)16-12-18(26)24-27(3,14-16)38-28(37-24)20-6-4-10-31(20)25(36)19-13-17(15-29-19)30-21(33)7-5-11-32-22(34)8-9-23(32)35;23-14(4-2-8-22-15(24)5-6-16(22)25)20-11-9-12(19-10-11)17(26)21-7-1-3-13(21)18(27)28/h8-9,16-20,24,29H,4-7,10-15H2,1-3H3,(H,30,33);5-6,11-13,19,27-28H,1-4,7-10H2,(H,20,23)/t16?,17-,18?,19+,20+,24?,27?;11-,12+,13+/m11/s1. The molecule has 10 aliphatic rings. The van der Waals surface area contributed by atoms with E-state index in [4.69, 9.17) is 9.31 Å². The van der Waals surface area contributed by atoms with E-state index in [0.717, 1.165) is 35.5 Å². The van der Waals surface area contributed by atoms with Crippen molar-refractivity contribution < 1.29 is 57.7 Å². The number of imide groups is 2. The Hall–Kier alpha value is -4.47. The Kier molecular flexibility index (Phi) is 14.3. The molecule has 8 fully saturated rings. The highest BCUT2D eigenvalue weighted by Crippen LogP contribution is 2.65. The van der Waals surface area contributed by atoms with Crippen LogP contribution >= 0.6 is 0 Å². The van der Waals surface area contributed by atoms with Crippen molar-refractivity contribution in [2.75, 3.05) is 39.3 Å². The summed E-state index contributed by atoms with van der Waals surface area (Å²) in [4.78, 5) is 103. The van der Waals surface area contributed by atoms with Gasteiger partial charge < -0.3 is 50.4 Å². The van der Waals surface area contributed by atoms with Gasteiger partial charge in [0.05, 0.1) is 35.7 Å². The number of hydrogen-bond donors (Lipinski definition) is 6. The second kappa shape index (κ2) is 19.6. The third kappa shape index (κ3) is 9.90. The summed E-state index contributed by atoms with van der Waals surface area (Å²) in [6.07, 6.45) is 12.5. The fraction of sp³-hybridized carbons (Fsp3) is 0.727. The van der Waals surface area contributed by atoms with Gasteiger partial charge in [0.2, 0.25) is 23.6 Å². The number of likely N-dealkylation sites (tertiary alicyclic amines) is 2. The molecule has 358 valence electrons. The highest BCUT2D eigenvalue weighted by atomic mass is 16.7. The zero-order valence-corrected chi connectivity index (χ0v) is 38.2. The first-order valence-electron chi connectivity index (χ1n) is 23.9. The second-order valence-corrected chi connectivity index (χ2v) is 20.3. The van der Waals surface area contributed by atoms with Crippen molar-refractivity contribution >= 4 is 61.5 Å². The first-order valence-corrected chi connectivity index (χ1v) is 23.9. The summed E-state index contributed by atoms with van der Waals surface area (Å²) in [5.41, 5.74) is 0.0268. The molecular formula is C44H64B2N8O12. The molecule has 0 radical (unpaired) electrons. The van der Waals surface area contributed by atoms with Gasteiger partial charge in [0.1, 0.15) is 0 Å². The topological polar surface area (TPSA) is 257 Å². The first kappa shape index (κ1) is 48.0. The smallest absolute Gasteiger partial charge is 0.426 e. The molecule has 0 aromatic rings. The number of rotatable bonds is 14. The van der Waals surface area contributed by atoms with E-state index in [2.05, 4.69) is 42.0 Å². The van der Waals surface area contributed by atoms with Crippen LogP contribution in [0.1, 0.15) is 97.8 Å². The number of carbonyl (C=O) groups is 8. The predicted molar refractivity (Wildman–Crippen MR) is 237 cm³/mol. The molecule has 3 saturated carbocycles. The zero-order valence-electron chi connectivity index (χ0n) is 38.2. The van der Waals surface area contributed by atoms with Crippen LogP contribution in [0.3, 0.4) is 0 Å². The molecule has 5 saturated heterocycles. The van der Waals surface area contributed by atoms with Crippen LogP contribution in [0, 0.1) is 17.3 Å². The molecule has 6 N–H and O–H groups in total. The van der Waals surface area contributed by atoms with Crippen molar-refractivity contribution in [3.8, 4) is 0 Å². The number of nitrogens with zero attached hydrogens (tertiary/aromatic N) is 4. The van der Waals surface area contributed by atoms with Crippen molar-refractivity contribution in [1.29, 1.82) is 0 Å². The Morgan fingerprint density at radius 1 is 0.758 bits per heavy atom. The van der Waals surface area contributed by atoms with Crippen molar-refractivity contribution in [3.05, 3.63) is 24.3 Å². The second-order valence-electron chi connectivity index (χ2n) is 20.3. The third-order valence-corrected chi connectivity index (χ3v) is 15.6. The fourth-order valence-electron chi connectivity index (χ4n) is 11.8. The predicted octanol–water partition coefficient (Wildman–Crippen LogP) is -1.66. The monoisotopic (exact) mass is 918 g/mol. The van der Waals surface area contributed by atoms with E-state index >= 15 is 0 Å². The Bertz CT molecular complexity index is 1990. The number of carbonyl (C=O) groups excluding carboxylic acids is 8. The lowest BCUT2D eigenvalue weighted by Gasteiger charge is -2.63. The molecule has 10 atom stereocenters. The van der Waals surface area contributed by atoms with Gasteiger partial charge in [-0.1, -0.05) is 13.8 Å². The lowest BCUT2D eigenvalue weighted by Crippen LogP contribution is -2.63. The zero-order chi connectivity index (χ0) is 47.1. The lowest BCUT2D eigenvalue weighted by atomic mass is 9.45. The summed E-state index contributed by atoms with van der Waals surface area (Å²) in [6, 6.07) is -1.14. The maximum absolute atomic E-state index is 13.6. The molecule has 10 rings (SSSR count). The lowest BCUT2D eigenvalue weighted by molar-refractivity contribution is -0.185. The normalized spacial score (nSPS) is 34.0. The minimum absolute atomic E-state index is 0.0552. The van der Waals surface area contributed by atoms with Crippen LogP contribution < -0.4 is 21.3 Å². The molecule has 20 nitrogen and oxygen atoms in total. The van der Waals surface area contributed by atoms with Gasteiger partial charge in [0, 0.05) is 88.5 Å².